The van der Waals surface area contributed by atoms with Crippen molar-refractivity contribution in [2.45, 2.75) is 19.3 Å². The van der Waals surface area contributed by atoms with E-state index in [9.17, 15) is 4.79 Å². The lowest BCUT2D eigenvalue weighted by molar-refractivity contribution is -0.121. The molecular weight excluding hydrogens is 312 g/mol. The second kappa shape index (κ2) is 6.81. The maximum absolute atomic E-state index is 12.1. The second-order valence-electron chi connectivity index (χ2n) is 6.16. The minimum absolute atomic E-state index is 0.0558. The van der Waals surface area contributed by atoms with Crippen molar-refractivity contribution in [3.8, 4) is 0 Å². The zero-order valence-electron chi connectivity index (χ0n) is 13.9. The molecule has 2 aromatic heterocycles. The zero-order chi connectivity index (χ0) is 17.1. The first-order valence-electron chi connectivity index (χ1n) is 8.55. The summed E-state index contributed by atoms with van der Waals surface area (Å²) in [5.41, 5.74) is 4.32. The molecule has 0 unspecified atom stereocenters. The Morgan fingerprint density at radius 1 is 1.00 bits per heavy atom. The Labute approximate surface area is 145 Å². The molecule has 126 valence electrons. The van der Waals surface area contributed by atoms with E-state index in [4.69, 9.17) is 0 Å². The van der Waals surface area contributed by atoms with Crippen LogP contribution in [0.3, 0.4) is 0 Å². The van der Waals surface area contributed by atoms with Gasteiger partial charge in [0.15, 0.2) is 0 Å². The molecule has 0 saturated heterocycles. The molecule has 2 heterocycles. The van der Waals surface area contributed by atoms with Crippen LogP contribution in [0.2, 0.25) is 0 Å². The average molecular weight is 332 g/mol. The molecule has 0 bridgehead atoms. The molecule has 1 amide bonds. The summed E-state index contributed by atoms with van der Waals surface area (Å²) < 4.78 is 0. The number of hydrogen-bond donors (Lipinski definition) is 3. The molecule has 25 heavy (non-hydrogen) atoms. The Balaban J connectivity index is 1.27. The fourth-order valence-electron chi connectivity index (χ4n) is 3.12. The van der Waals surface area contributed by atoms with Crippen molar-refractivity contribution in [3.63, 3.8) is 0 Å². The summed E-state index contributed by atoms with van der Waals surface area (Å²) in [4.78, 5) is 23.1. The Bertz CT molecular complexity index is 982. The summed E-state index contributed by atoms with van der Waals surface area (Å²) in [6.45, 7) is 0.640. The minimum atomic E-state index is 0.0558. The fourth-order valence-corrected chi connectivity index (χ4v) is 3.12. The van der Waals surface area contributed by atoms with Gasteiger partial charge in [0.05, 0.1) is 11.0 Å². The monoisotopic (exact) mass is 332 g/mol. The van der Waals surface area contributed by atoms with Gasteiger partial charge in [0, 0.05) is 36.5 Å². The topological polar surface area (TPSA) is 73.6 Å². The average Bonchev–Trinajstić information content (AvgIpc) is 3.24. The summed E-state index contributed by atoms with van der Waals surface area (Å²) in [6, 6.07) is 16.1. The number of amides is 1. The number of benzene rings is 2. The van der Waals surface area contributed by atoms with Crippen LogP contribution in [0.1, 0.15) is 17.8 Å². The fraction of sp³-hybridized carbons (Fsp3) is 0.200. The van der Waals surface area contributed by atoms with Crippen molar-refractivity contribution in [2.75, 3.05) is 6.54 Å². The third kappa shape index (κ3) is 3.40. The van der Waals surface area contributed by atoms with E-state index >= 15 is 0 Å². The number of hydrogen-bond acceptors (Lipinski definition) is 2. The normalized spacial score (nSPS) is 11.2. The third-order valence-corrected chi connectivity index (χ3v) is 4.42. The molecule has 0 spiro atoms. The van der Waals surface area contributed by atoms with Gasteiger partial charge in [-0.15, -0.1) is 0 Å². The molecule has 3 N–H and O–H groups in total. The summed E-state index contributed by atoms with van der Waals surface area (Å²) >= 11 is 0. The van der Waals surface area contributed by atoms with Gasteiger partial charge in [0.2, 0.25) is 5.91 Å². The number of aryl methyl sites for hydroxylation is 1. The van der Waals surface area contributed by atoms with Crippen molar-refractivity contribution in [3.05, 3.63) is 66.1 Å². The maximum Gasteiger partial charge on any atom is 0.220 e. The van der Waals surface area contributed by atoms with Gasteiger partial charge >= 0.3 is 0 Å². The van der Waals surface area contributed by atoms with Crippen molar-refractivity contribution < 1.29 is 4.79 Å². The lowest BCUT2D eigenvalue weighted by Crippen LogP contribution is -2.25. The van der Waals surface area contributed by atoms with E-state index in [1.165, 1.54) is 10.9 Å². The van der Waals surface area contributed by atoms with Crippen LogP contribution in [0.5, 0.6) is 0 Å². The first-order valence-corrected chi connectivity index (χ1v) is 8.55. The van der Waals surface area contributed by atoms with Crippen LogP contribution in [0, 0.1) is 0 Å². The molecular formula is C20H20N4O. The molecule has 0 aliphatic rings. The van der Waals surface area contributed by atoms with E-state index in [2.05, 4.69) is 32.4 Å². The second-order valence-corrected chi connectivity index (χ2v) is 6.16. The number of aromatic amines is 2. The van der Waals surface area contributed by atoms with E-state index in [0.29, 0.717) is 19.4 Å². The molecule has 4 rings (SSSR count). The first-order chi connectivity index (χ1) is 12.3. The summed E-state index contributed by atoms with van der Waals surface area (Å²) in [5, 5.41) is 4.22. The number of nitrogens with zero attached hydrogens (tertiary/aromatic N) is 1. The van der Waals surface area contributed by atoms with Gasteiger partial charge in [-0.1, -0.05) is 30.3 Å². The number of carbonyl (C=O) groups is 1. The lowest BCUT2D eigenvalue weighted by Gasteiger charge is -2.04. The molecule has 0 fully saturated rings. The predicted molar refractivity (Wildman–Crippen MR) is 99.4 cm³/mol. The minimum Gasteiger partial charge on any atom is -0.361 e. The molecule has 5 heteroatoms. The predicted octanol–water partition coefficient (Wildman–Crippen LogP) is 3.34. The zero-order valence-corrected chi connectivity index (χ0v) is 13.9. The van der Waals surface area contributed by atoms with Gasteiger partial charge in [-0.05, 0) is 30.2 Å². The van der Waals surface area contributed by atoms with Crippen LogP contribution in [0.4, 0.5) is 0 Å². The smallest absolute Gasteiger partial charge is 0.220 e. The molecule has 0 atom stereocenters. The van der Waals surface area contributed by atoms with E-state index in [1.807, 2.05) is 42.6 Å². The Kier molecular flexibility index (Phi) is 4.21. The summed E-state index contributed by atoms with van der Waals surface area (Å²) in [7, 11) is 0. The highest BCUT2D eigenvalue weighted by Crippen LogP contribution is 2.17. The van der Waals surface area contributed by atoms with Crippen LogP contribution in [-0.2, 0) is 17.6 Å². The molecule has 5 nitrogen and oxygen atoms in total. The number of para-hydroxylation sites is 3. The number of nitrogens with one attached hydrogen (secondary N) is 3. The van der Waals surface area contributed by atoms with E-state index in [-0.39, 0.29) is 5.91 Å². The van der Waals surface area contributed by atoms with E-state index in [0.717, 1.165) is 28.8 Å². The maximum atomic E-state index is 12.1. The Morgan fingerprint density at radius 3 is 2.68 bits per heavy atom. The summed E-state index contributed by atoms with van der Waals surface area (Å²) in [5.74, 6) is 0.910. The molecule has 0 saturated carbocycles. The third-order valence-electron chi connectivity index (χ3n) is 4.42. The Hall–Kier alpha value is -3.08. The number of rotatable bonds is 6. The standard InChI is InChI=1S/C20H20N4O/c25-20(10-9-19-23-17-7-3-4-8-18(17)24-19)21-12-11-14-13-22-16-6-2-1-5-15(14)16/h1-8,13,22H,9-12H2,(H,21,25)(H,23,24). The van der Waals surface area contributed by atoms with E-state index in [1.54, 1.807) is 0 Å². The van der Waals surface area contributed by atoms with Crippen molar-refractivity contribution in [1.82, 2.24) is 20.3 Å². The van der Waals surface area contributed by atoms with Crippen molar-refractivity contribution in [1.29, 1.82) is 0 Å². The number of carbonyl (C=O) groups excluding carboxylic acids is 1. The van der Waals surface area contributed by atoms with Crippen LogP contribution in [-0.4, -0.2) is 27.4 Å². The van der Waals surface area contributed by atoms with Gasteiger partial charge in [0.1, 0.15) is 5.82 Å². The number of aromatic nitrogens is 3. The van der Waals surface area contributed by atoms with Crippen LogP contribution in [0.25, 0.3) is 21.9 Å². The Morgan fingerprint density at radius 2 is 1.80 bits per heavy atom. The molecule has 0 aliphatic heterocycles. The lowest BCUT2D eigenvalue weighted by atomic mass is 10.1. The summed E-state index contributed by atoms with van der Waals surface area (Å²) in [6.07, 6.45) is 3.90. The van der Waals surface area contributed by atoms with Gasteiger partial charge in [0.25, 0.3) is 0 Å². The van der Waals surface area contributed by atoms with Crippen LogP contribution >= 0.6 is 0 Å². The quantitative estimate of drug-likeness (QED) is 0.507. The van der Waals surface area contributed by atoms with Crippen molar-refractivity contribution in [2.24, 2.45) is 0 Å². The highest BCUT2D eigenvalue weighted by molar-refractivity contribution is 5.83. The molecule has 0 radical (unpaired) electrons. The van der Waals surface area contributed by atoms with Crippen molar-refractivity contribution >= 4 is 27.8 Å². The first kappa shape index (κ1) is 15.4. The number of fused-ring (bicyclic) bond motifs is 2. The van der Waals surface area contributed by atoms with Crippen LogP contribution < -0.4 is 5.32 Å². The molecule has 2 aromatic carbocycles. The number of imidazole rings is 1. The van der Waals surface area contributed by atoms with E-state index < -0.39 is 0 Å². The van der Waals surface area contributed by atoms with Gasteiger partial charge in [-0.3, -0.25) is 4.79 Å². The SMILES string of the molecule is O=C(CCc1nc2ccccc2[nH]1)NCCc1c[nH]c2ccccc12. The molecule has 0 aliphatic carbocycles. The van der Waals surface area contributed by atoms with Crippen LogP contribution in [0.15, 0.2) is 54.7 Å². The molecule has 4 aromatic rings. The number of H-pyrrole nitrogens is 2. The van der Waals surface area contributed by atoms with Gasteiger partial charge in [-0.25, -0.2) is 4.98 Å². The highest BCUT2D eigenvalue weighted by Gasteiger charge is 2.07. The highest BCUT2D eigenvalue weighted by atomic mass is 16.1. The van der Waals surface area contributed by atoms with Gasteiger partial charge < -0.3 is 15.3 Å². The van der Waals surface area contributed by atoms with Gasteiger partial charge in [-0.2, -0.15) is 0 Å². The largest absolute Gasteiger partial charge is 0.361 e.